The molecule has 0 aromatic heterocycles. The number of hydroxylamine groups is 2. The summed E-state index contributed by atoms with van der Waals surface area (Å²) in [6.07, 6.45) is 1.04. The number of amides is 2. The number of hydrogen-bond acceptors (Lipinski definition) is 6. The monoisotopic (exact) mass is 329 g/mol. The van der Waals surface area contributed by atoms with E-state index in [1.54, 1.807) is 24.3 Å². The number of nitrogens with zero attached hydrogens (tertiary/aromatic N) is 1. The van der Waals surface area contributed by atoms with Crippen LogP contribution in [0.25, 0.3) is 0 Å². The van der Waals surface area contributed by atoms with Crippen LogP contribution in [0, 0.1) is 5.41 Å². The summed E-state index contributed by atoms with van der Waals surface area (Å²) in [5, 5.41) is 0.572. The van der Waals surface area contributed by atoms with Gasteiger partial charge in [-0.1, -0.05) is 17.2 Å². The molecule has 7 heteroatoms. The van der Waals surface area contributed by atoms with Crippen molar-refractivity contribution in [1.29, 1.82) is 0 Å². The molecule has 4 heterocycles. The second-order valence-electron chi connectivity index (χ2n) is 7.30. The third-order valence-corrected chi connectivity index (χ3v) is 5.66. The van der Waals surface area contributed by atoms with E-state index in [4.69, 9.17) is 14.3 Å². The van der Waals surface area contributed by atoms with E-state index in [1.165, 1.54) is 0 Å². The average Bonchev–Trinajstić information content (AvgIpc) is 3.04. The van der Waals surface area contributed by atoms with Crippen molar-refractivity contribution in [3.63, 3.8) is 0 Å². The van der Waals surface area contributed by atoms with E-state index in [2.05, 4.69) is 0 Å². The number of benzene rings is 1. The first-order valence-corrected chi connectivity index (χ1v) is 7.88. The van der Waals surface area contributed by atoms with E-state index in [0.29, 0.717) is 31.1 Å². The number of carbonyl (C=O) groups excluding carboxylic acids is 3. The van der Waals surface area contributed by atoms with Gasteiger partial charge in [0.05, 0.1) is 29.9 Å². The Kier molecular flexibility index (Phi) is 2.38. The zero-order valence-electron chi connectivity index (χ0n) is 13.0. The third kappa shape index (κ3) is 1.43. The molecule has 1 aromatic rings. The molecule has 5 aliphatic rings. The molecule has 4 aliphatic heterocycles. The van der Waals surface area contributed by atoms with Gasteiger partial charge in [-0.3, -0.25) is 9.59 Å². The van der Waals surface area contributed by atoms with Gasteiger partial charge in [-0.15, -0.1) is 0 Å². The highest BCUT2D eigenvalue weighted by Gasteiger charge is 2.80. The van der Waals surface area contributed by atoms with Gasteiger partial charge in [0, 0.05) is 0 Å². The summed E-state index contributed by atoms with van der Waals surface area (Å²) in [5.74, 6) is -1.81. The van der Waals surface area contributed by atoms with Gasteiger partial charge in [-0.05, 0) is 31.9 Å². The summed E-state index contributed by atoms with van der Waals surface area (Å²) in [4.78, 5) is 42.8. The van der Waals surface area contributed by atoms with Crippen LogP contribution in [0.4, 0.5) is 0 Å². The van der Waals surface area contributed by atoms with Crippen LogP contribution in [0.2, 0.25) is 0 Å². The second kappa shape index (κ2) is 4.04. The third-order valence-electron chi connectivity index (χ3n) is 5.66. The first-order chi connectivity index (χ1) is 11.4. The van der Waals surface area contributed by atoms with Gasteiger partial charge in [0.1, 0.15) is 11.0 Å². The van der Waals surface area contributed by atoms with Gasteiger partial charge in [0.15, 0.2) is 0 Å². The smallest absolute Gasteiger partial charge is 0.342 e. The summed E-state index contributed by atoms with van der Waals surface area (Å²) in [7, 11) is 0. The van der Waals surface area contributed by atoms with Gasteiger partial charge in [0.25, 0.3) is 11.8 Å². The van der Waals surface area contributed by atoms with Crippen molar-refractivity contribution in [2.45, 2.75) is 31.0 Å². The molecule has 2 bridgehead atoms. The number of hydrogen-bond donors (Lipinski definition) is 0. The van der Waals surface area contributed by atoms with E-state index in [1.807, 2.05) is 6.92 Å². The Labute approximate surface area is 137 Å². The second-order valence-corrected chi connectivity index (χ2v) is 7.30. The molecule has 6 rings (SSSR count). The zero-order valence-corrected chi connectivity index (χ0v) is 13.0. The van der Waals surface area contributed by atoms with Crippen LogP contribution in [0.3, 0.4) is 0 Å². The molecule has 0 radical (unpaired) electrons. The zero-order chi connectivity index (χ0) is 16.7. The molecule has 0 atom stereocenters. The van der Waals surface area contributed by atoms with Gasteiger partial charge in [-0.25, -0.2) is 4.79 Å². The molecule has 1 saturated carbocycles. The lowest BCUT2D eigenvalue weighted by Crippen LogP contribution is -2.63. The van der Waals surface area contributed by atoms with E-state index < -0.39 is 28.8 Å². The number of carbonyl (C=O) groups is 3. The van der Waals surface area contributed by atoms with Gasteiger partial charge < -0.3 is 14.3 Å². The maximum atomic E-state index is 12.8. The molecular formula is C17H15NO6. The first kappa shape index (κ1) is 14.1. The van der Waals surface area contributed by atoms with Gasteiger partial charge in [0.2, 0.25) is 0 Å². The molecule has 0 unspecified atom stereocenters. The highest BCUT2D eigenvalue weighted by Crippen LogP contribution is 2.68. The standard InChI is InChI=1S/C17H15NO6/c1-15-6-16(7-15,17(24-15)8-22-9-17)14(21)23-18-12(19)10-4-2-3-5-11(10)13(18)20/h2-5H,6-9H2,1H3. The number of ether oxygens (including phenoxy) is 2. The molecular weight excluding hydrogens is 314 g/mol. The summed E-state index contributed by atoms with van der Waals surface area (Å²) < 4.78 is 11.3. The van der Waals surface area contributed by atoms with E-state index >= 15 is 0 Å². The summed E-state index contributed by atoms with van der Waals surface area (Å²) in [6, 6.07) is 6.41. The summed E-state index contributed by atoms with van der Waals surface area (Å²) in [6.45, 7) is 2.62. The molecule has 1 aliphatic carbocycles. The average molecular weight is 329 g/mol. The van der Waals surface area contributed by atoms with Gasteiger partial charge >= 0.3 is 5.97 Å². The Morgan fingerprint density at radius 3 is 2.21 bits per heavy atom. The topological polar surface area (TPSA) is 82.1 Å². The summed E-state index contributed by atoms with van der Waals surface area (Å²) in [5.41, 5.74) is -1.39. The maximum Gasteiger partial charge on any atom is 0.342 e. The van der Waals surface area contributed by atoms with E-state index in [0.717, 1.165) is 0 Å². The fourth-order valence-corrected chi connectivity index (χ4v) is 4.56. The van der Waals surface area contributed by atoms with Crippen molar-refractivity contribution >= 4 is 17.8 Å². The molecule has 24 heavy (non-hydrogen) atoms. The van der Waals surface area contributed by atoms with Crippen molar-refractivity contribution in [1.82, 2.24) is 5.06 Å². The predicted molar refractivity (Wildman–Crippen MR) is 77.7 cm³/mol. The SMILES string of the molecule is CC12CC(C(=O)ON3C(=O)c4ccccc4C3=O)(C1)C1(COC1)O2. The number of rotatable bonds is 2. The van der Waals surface area contributed by atoms with Crippen LogP contribution in [0.1, 0.15) is 40.5 Å². The fraction of sp³-hybridized carbons (Fsp3) is 0.471. The van der Waals surface area contributed by atoms with Crippen LogP contribution >= 0.6 is 0 Å². The Balaban J connectivity index is 1.43. The molecule has 124 valence electrons. The minimum Gasteiger partial charge on any atom is -0.375 e. The Bertz CT molecular complexity index is 770. The first-order valence-electron chi connectivity index (χ1n) is 7.88. The van der Waals surface area contributed by atoms with Crippen molar-refractivity contribution < 1.29 is 28.7 Å². The lowest BCUT2D eigenvalue weighted by atomic mass is 9.56. The molecule has 4 fully saturated rings. The lowest BCUT2D eigenvalue weighted by Gasteiger charge is -2.47. The van der Waals surface area contributed by atoms with E-state index in [9.17, 15) is 14.4 Å². The van der Waals surface area contributed by atoms with Crippen LogP contribution in [0.5, 0.6) is 0 Å². The van der Waals surface area contributed by atoms with E-state index in [-0.39, 0.29) is 16.7 Å². The van der Waals surface area contributed by atoms with Crippen molar-refractivity contribution in [3.8, 4) is 0 Å². The molecule has 1 aromatic carbocycles. The maximum absolute atomic E-state index is 12.8. The largest absolute Gasteiger partial charge is 0.375 e. The van der Waals surface area contributed by atoms with Crippen molar-refractivity contribution in [2.75, 3.05) is 13.2 Å². The summed E-state index contributed by atoms with van der Waals surface area (Å²) >= 11 is 0. The lowest BCUT2D eigenvalue weighted by molar-refractivity contribution is -0.228. The number of fused-ring (bicyclic) bond motifs is 1. The Morgan fingerprint density at radius 1 is 1.12 bits per heavy atom. The predicted octanol–water partition coefficient (Wildman–Crippen LogP) is 1.08. The minimum atomic E-state index is -0.838. The van der Waals surface area contributed by atoms with Crippen LogP contribution in [-0.2, 0) is 19.1 Å². The minimum absolute atomic E-state index is 0.246. The highest BCUT2D eigenvalue weighted by atomic mass is 16.7. The molecule has 3 saturated heterocycles. The van der Waals surface area contributed by atoms with Gasteiger partial charge in [-0.2, -0.15) is 0 Å². The quantitative estimate of drug-likeness (QED) is 0.755. The van der Waals surface area contributed by atoms with Crippen LogP contribution < -0.4 is 0 Å². The highest BCUT2D eigenvalue weighted by molar-refractivity contribution is 6.21. The molecule has 1 spiro atoms. The Morgan fingerprint density at radius 2 is 1.71 bits per heavy atom. The van der Waals surface area contributed by atoms with Crippen molar-refractivity contribution in [3.05, 3.63) is 35.4 Å². The normalized spacial score (nSPS) is 34.8. The Hall–Kier alpha value is -2.25. The van der Waals surface area contributed by atoms with Crippen LogP contribution in [0.15, 0.2) is 24.3 Å². The molecule has 7 nitrogen and oxygen atoms in total. The molecule has 0 N–H and O–H groups in total. The van der Waals surface area contributed by atoms with Crippen LogP contribution in [-0.4, -0.2) is 47.3 Å². The fourth-order valence-electron chi connectivity index (χ4n) is 4.56. The molecule has 2 amide bonds. The van der Waals surface area contributed by atoms with Crippen molar-refractivity contribution in [2.24, 2.45) is 5.41 Å². The number of imide groups is 1.